The van der Waals surface area contributed by atoms with Crippen LogP contribution in [0.25, 0.3) is 0 Å². The molecule has 13 N–H and O–H groups in total. The molecule has 77 heavy (non-hydrogen) atoms. The highest BCUT2D eigenvalue weighted by molar-refractivity contribution is 6.28. The Balaban J connectivity index is 1.29. The summed E-state index contributed by atoms with van der Waals surface area (Å²) >= 11 is 6.16. The number of primary amides is 1. The van der Waals surface area contributed by atoms with Gasteiger partial charge in [0.1, 0.15) is 42.3 Å². The number of hydrogen-bond acceptors (Lipinski definition) is 15. The van der Waals surface area contributed by atoms with Crippen molar-refractivity contribution in [3.63, 3.8) is 0 Å². The van der Waals surface area contributed by atoms with Gasteiger partial charge in [0, 0.05) is 25.8 Å². The maximum atomic E-state index is 14.3. The maximum absolute atomic E-state index is 14.3. The summed E-state index contributed by atoms with van der Waals surface area (Å²) in [5.74, 6) is -7.49. The molecule has 10 amide bonds. The summed E-state index contributed by atoms with van der Waals surface area (Å²) in [7, 11) is 0. The zero-order valence-corrected chi connectivity index (χ0v) is 43.4. The fourth-order valence-corrected chi connectivity index (χ4v) is 7.78. The molecule has 0 spiro atoms. The summed E-state index contributed by atoms with van der Waals surface area (Å²) in [5.41, 5.74) is 7.60. The standard InChI is InChI=1S/C51H64ClN15O10/c1-29-43(72)61-35(48(77)64-38(25-34-19-11-6-12-20-34)47(76)56-27-40(69)59-30(2)44(73)62-36(42(53)71)23-32-15-7-4-8-16-32)21-13-14-22-54-50-65-49(52)66-51(67-50)57-28-41(70)60-31(3)45(74)63-37(24-33-17-9-5-10-18-33)46(75)55-26-39(68)58-29/h4-12,15-20,29-31,35-38H,13-14,21-28H2,1-3H3,(H2,53,71)(H,55,75)(H,56,76)(H,58,68)(H,59,69)(H,60,70)(H,61,72)(H,62,73)(H,63,74)(H,64,77)(H2,54,57,65,66,67)/t29-,30-,31-,35-,36-,37-,38-/m0/s1. The molecule has 0 saturated heterocycles. The lowest BCUT2D eigenvalue weighted by molar-refractivity contribution is -0.134. The third-order valence-electron chi connectivity index (χ3n) is 11.8. The Morgan fingerprint density at radius 2 is 1.16 bits per heavy atom. The second-order valence-electron chi connectivity index (χ2n) is 18.0. The summed E-state index contributed by atoms with van der Waals surface area (Å²) in [6.45, 7) is 2.78. The lowest BCUT2D eigenvalue weighted by atomic mass is 10.0. The van der Waals surface area contributed by atoms with Crippen molar-refractivity contribution in [3.05, 3.63) is 113 Å². The lowest BCUT2D eigenvalue weighted by Gasteiger charge is -2.25. The number of anilines is 2. The average molecular weight is 1080 g/mol. The number of rotatable bonds is 15. The zero-order valence-electron chi connectivity index (χ0n) is 42.7. The van der Waals surface area contributed by atoms with Crippen LogP contribution in [0.1, 0.15) is 56.7 Å². The van der Waals surface area contributed by atoms with Crippen molar-refractivity contribution in [3.8, 4) is 0 Å². The van der Waals surface area contributed by atoms with Crippen molar-refractivity contribution >= 4 is 82.6 Å². The van der Waals surface area contributed by atoms with Crippen molar-refractivity contribution in [2.24, 2.45) is 5.73 Å². The average Bonchev–Trinajstić information content (AvgIpc) is 3.40. The molecular formula is C51H64ClN15O10. The van der Waals surface area contributed by atoms with Gasteiger partial charge in [-0.15, -0.1) is 0 Å². The van der Waals surface area contributed by atoms with Crippen molar-refractivity contribution in [2.75, 3.05) is 36.8 Å². The number of nitrogens with one attached hydrogen (secondary N) is 11. The fourth-order valence-electron chi connectivity index (χ4n) is 7.62. The van der Waals surface area contributed by atoms with Crippen molar-refractivity contribution in [1.82, 2.24) is 62.8 Å². The fraction of sp³-hybridized carbons (Fsp3) is 0.392. The minimum absolute atomic E-state index is 0.00674. The van der Waals surface area contributed by atoms with Crippen LogP contribution in [0.15, 0.2) is 91.0 Å². The van der Waals surface area contributed by atoms with Crippen LogP contribution in [-0.2, 0) is 67.2 Å². The lowest BCUT2D eigenvalue weighted by Crippen LogP contribution is -2.58. The van der Waals surface area contributed by atoms with Gasteiger partial charge in [-0.3, -0.25) is 47.9 Å². The molecule has 410 valence electrons. The van der Waals surface area contributed by atoms with E-state index < -0.39 is 114 Å². The predicted molar refractivity (Wildman–Crippen MR) is 282 cm³/mol. The summed E-state index contributed by atoms with van der Waals surface area (Å²) in [5, 5.41) is 28.5. The van der Waals surface area contributed by atoms with Crippen molar-refractivity contribution in [2.45, 2.75) is 102 Å². The number of benzene rings is 3. The Hall–Kier alpha value is -8.74. The number of fused-ring (bicyclic) bond motifs is 2. The monoisotopic (exact) mass is 1080 g/mol. The van der Waals surface area contributed by atoms with E-state index in [0.29, 0.717) is 17.5 Å². The summed E-state index contributed by atoms with van der Waals surface area (Å²) in [4.78, 5) is 145. The van der Waals surface area contributed by atoms with Crippen LogP contribution in [0.3, 0.4) is 0 Å². The van der Waals surface area contributed by atoms with Crippen LogP contribution in [0.2, 0.25) is 5.28 Å². The molecule has 4 aromatic rings. The Kier molecular flexibility index (Phi) is 23.0. The third kappa shape index (κ3) is 20.5. The van der Waals surface area contributed by atoms with Crippen LogP contribution in [0, 0.1) is 0 Å². The molecule has 0 aliphatic carbocycles. The zero-order chi connectivity index (χ0) is 55.9. The first-order chi connectivity index (χ1) is 36.8. The molecule has 26 heteroatoms. The molecule has 0 fully saturated rings. The number of amides is 10. The van der Waals surface area contributed by atoms with Gasteiger partial charge in [-0.2, -0.15) is 15.0 Å². The SMILES string of the molecule is C[C@H](NC(=O)CNC(=O)[C@H](Cc1ccccc1)NC(=O)[C@@H]1CCCCNc2nc(Cl)nc(n2)NCC(=O)N[C@@H](C)C(=O)N[C@@H](Cc2ccccc2)C(=O)NCC(=O)N[C@@H](C)C(=O)N1)C(=O)N[C@@H](Cc1ccccc1)C(N)=O. The van der Waals surface area contributed by atoms with Crippen LogP contribution in [0.4, 0.5) is 11.9 Å². The van der Waals surface area contributed by atoms with Gasteiger partial charge >= 0.3 is 0 Å². The minimum atomic E-state index is -1.31. The predicted octanol–water partition coefficient (Wildman–Crippen LogP) is -1.57. The minimum Gasteiger partial charge on any atom is -0.368 e. The Morgan fingerprint density at radius 1 is 0.623 bits per heavy atom. The normalized spacial score (nSPS) is 19.3. The van der Waals surface area contributed by atoms with Gasteiger partial charge in [-0.25, -0.2) is 0 Å². The van der Waals surface area contributed by atoms with Gasteiger partial charge < -0.3 is 64.2 Å². The van der Waals surface area contributed by atoms with Gasteiger partial charge in [0.15, 0.2) is 0 Å². The summed E-state index contributed by atoms with van der Waals surface area (Å²) in [6.07, 6.45) is 0.730. The molecule has 0 saturated carbocycles. The van der Waals surface area contributed by atoms with E-state index in [2.05, 4.69) is 73.4 Å². The summed E-state index contributed by atoms with van der Waals surface area (Å²) < 4.78 is 0. The molecule has 2 bridgehead atoms. The van der Waals surface area contributed by atoms with E-state index in [-0.39, 0.29) is 62.4 Å². The van der Waals surface area contributed by atoms with E-state index >= 15 is 0 Å². The summed E-state index contributed by atoms with van der Waals surface area (Å²) in [6, 6.07) is 17.9. The van der Waals surface area contributed by atoms with Gasteiger partial charge in [-0.1, -0.05) is 91.0 Å². The van der Waals surface area contributed by atoms with Gasteiger partial charge in [-0.05, 0) is 68.3 Å². The number of aromatic nitrogens is 3. The second kappa shape index (κ2) is 30.0. The van der Waals surface area contributed by atoms with E-state index in [1.807, 2.05) is 0 Å². The smallest absolute Gasteiger partial charge is 0.243 e. The molecule has 25 nitrogen and oxygen atoms in total. The largest absolute Gasteiger partial charge is 0.368 e. The van der Waals surface area contributed by atoms with E-state index in [1.54, 1.807) is 91.0 Å². The first kappa shape index (κ1) is 59.1. The van der Waals surface area contributed by atoms with Crippen molar-refractivity contribution < 1.29 is 47.9 Å². The molecule has 1 aliphatic rings. The van der Waals surface area contributed by atoms with Crippen LogP contribution >= 0.6 is 11.6 Å². The number of nitrogens with zero attached hydrogens (tertiary/aromatic N) is 3. The molecular weight excluding hydrogens is 1020 g/mol. The molecule has 0 unspecified atom stereocenters. The van der Waals surface area contributed by atoms with E-state index in [0.717, 1.165) is 5.56 Å². The van der Waals surface area contributed by atoms with E-state index in [4.69, 9.17) is 17.3 Å². The molecule has 5 rings (SSSR count). The second-order valence-corrected chi connectivity index (χ2v) is 18.4. The van der Waals surface area contributed by atoms with Gasteiger partial charge in [0.2, 0.25) is 76.3 Å². The number of carbonyl (C=O) groups excluding carboxylic acids is 10. The molecule has 3 aromatic carbocycles. The van der Waals surface area contributed by atoms with Gasteiger partial charge in [0.25, 0.3) is 0 Å². The van der Waals surface area contributed by atoms with Crippen LogP contribution in [0.5, 0.6) is 0 Å². The number of hydrogen-bond donors (Lipinski definition) is 12. The maximum Gasteiger partial charge on any atom is 0.243 e. The topological polar surface area (TPSA) is 368 Å². The molecule has 0 radical (unpaired) electrons. The van der Waals surface area contributed by atoms with E-state index in [1.165, 1.54) is 20.8 Å². The highest BCUT2D eigenvalue weighted by atomic mass is 35.5. The molecule has 2 heterocycles. The third-order valence-corrected chi connectivity index (χ3v) is 12.0. The van der Waals surface area contributed by atoms with Gasteiger partial charge in [0.05, 0.1) is 19.6 Å². The van der Waals surface area contributed by atoms with Crippen LogP contribution in [-0.4, -0.2) is 142 Å². The first-order valence-corrected chi connectivity index (χ1v) is 25.2. The number of nitrogens with two attached hydrogens (primary N) is 1. The quantitative estimate of drug-likeness (QED) is 0.0640. The molecule has 7 atom stereocenters. The Morgan fingerprint density at radius 3 is 1.74 bits per heavy atom. The highest BCUT2D eigenvalue weighted by Gasteiger charge is 2.31. The van der Waals surface area contributed by atoms with E-state index in [9.17, 15) is 47.9 Å². The Bertz CT molecular complexity index is 2710. The molecule has 1 aromatic heterocycles. The Labute approximate surface area is 449 Å². The number of halogens is 1. The molecule has 1 aliphatic heterocycles. The van der Waals surface area contributed by atoms with Crippen LogP contribution < -0.4 is 64.2 Å². The number of carbonyl (C=O) groups is 10. The highest BCUT2D eigenvalue weighted by Crippen LogP contribution is 2.12. The first-order valence-electron chi connectivity index (χ1n) is 24.8. The van der Waals surface area contributed by atoms with Crippen molar-refractivity contribution in [1.29, 1.82) is 0 Å².